The smallest absolute Gasteiger partial charge is 0.257 e. The molecule has 0 unspecified atom stereocenters. The first kappa shape index (κ1) is 12.5. The van der Waals surface area contributed by atoms with Crippen LogP contribution in [0.1, 0.15) is 22.8 Å². The molecule has 0 bridgehead atoms. The molecule has 100 valence electrons. The first-order chi connectivity index (χ1) is 9.78. The highest BCUT2D eigenvalue weighted by Gasteiger charge is 2.10. The normalized spacial score (nSPS) is 10.7. The molecule has 0 saturated carbocycles. The number of amides is 1. The summed E-state index contributed by atoms with van der Waals surface area (Å²) in [5, 5.41) is 4.00. The Kier molecular flexibility index (Phi) is 3.25. The van der Waals surface area contributed by atoms with Crippen LogP contribution in [0.2, 0.25) is 0 Å². The molecule has 1 amide bonds. The maximum Gasteiger partial charge on any atom is 0.257 e. The molecule has 0 atom stereocenters. The Morgan fingerprint density at radius 2 is 2.00 bits per heavy atom. The number of hydrogen-bond acceptors (Lipinski definition) is 1. The molecule has 3 aromatic rings. The number of hydrogen-bond donors (Lipinski definition) is 2. The number of nitrogens with one attached hydrogen (secondary N) is 2. The van der Waals surface area contributed by atoms with Gasteiger partial charge in [0, 0.05) is 17.3 Å². The van der Waals surface area contributed by atoms with E-state index in [0.717, 1.165) is 23.0 Å². The summed E-state index contributed by atoms with van der Waals surface area (Å²) < 4.78 is 0. The minimum atomic E-state index is -0.0914. The third-order valence-corrected chi connectivity index (χ3v) is 3.42. The summed E-state index contributed by atoms with van der Waals surface area (Å²) in [5.41, 5.74) is 3.57. The fourth-order valence-corrected chi connectivity index (χ4v) is 2.34. The molecule has 3 nitrogen and oxygen atoms in total. The van der Waals surface area contributed by atoms with E-state index in [-0.39, 0.29) is 5.91 Å². The third-order valence-electron chi connectivity index (χ3n) is 3.42. The highest BCUT2D eigenvalue weighted by Crippen LogP contribution is 2.19. The van der Waals surface area contributed by atoms with Crippen LogP contribution in [0.4, 0.5) is 5.69 Å². The largest absolute Gasteiger partial charge is 0.361 e. The molecule has 0 fully saturated rings. The van der Waals surface area contributed by atoms with E-state index in [4.69, 9.17) is 0 Å². The Bertz CT molecular complexity index is 758. The highest BCUT2D eigenvalue weighted by atomic mass is 16.1. The molecule has 0 spiro atoms. The van der Waals surface area contributed by atoms with Gasteiger partial charge in [-0.25, -0.2) is 0 Å². The second-order valence-electron chi connectivity index (χ2n) is 4.76. The van der Waals surface area contributed by atoms with Gasteiger partial charge < -0.3 is 10.3 Å². The summed E-state index contributed by atoms with van der Waals surface area (Å²) >= 11 is 0. The molecule has 1 aromatic heterocycles. The van der Waals surface area contributed by atoms with Crippen molar-refractivity contribution < 1.29 is 4.79 Å². The lowest BCUT2D eigenvalue weighted by Crippen LogP contribution is -2.12. The van der Waals surface area contributed by atoms with Gasteiger partial charge in [0.2, 0.25) is 0 Å². The summed E-state index contributed by atoms with van der Waals surface area (Å²) in [4.78, 5) is 15.5. The van der Waals surface area contributed by atoms with Crippen LogP contribution in [0.25, 0.3) is 10.9 Å². The van der Waals surface area contributed by atoms with Gasteiger partial charge in [0.15, 0.2) is 0 Å². The zero-order valence-electron chi connectivity index (χ0n) is 11.3. The maximum atomic E-state index is 12.4. The number of carbonyl (C=O) groups excluding carboxylic acids is 1. The zero-order chi connectivity index (χ0) is 13.9. The minimum absolute atomic E-state index is 0.0914. The van der Waals surface area contributed by atoms with Crippen LogP contribution in [-0.4, -0.2) is 10.9 Å². The van der Waals surface area contributed by atoms with E-state index in [1.54, 1.807) is 0 Å². The van der Waals surface area contributed by atoms with Crippen molar-refractivity contribution in [3.05, 3.63) is 65.9 Å². The zero-order valence-corrected chi connectivity index (χ0v) is 11.3. The van der Waals surface area contributed by atoms with Crippen LogP contribution < -0.4 is 5.32 Å². The standard InChI is InChI=1S/C17H16N2O/c1-2-12-5-3-7-14(11-12)19-17(20)15-8-4-6-13-9-10-18-16(13)15/h3-11,18H,2H2,1H3,(H,19,20). The summed E-state index contributed by atoms with van der Waals surface area (Å²) in [6.45, 7) is 2.10. The number of aromatic amines is 1. The number of aryl methyl sites for hydroxylation is 1. The van der Waals surface area contributed by atoms with Crippen molar-refractivity contribution >= 4 is 22.5 Å². The average Bonchev–Trinajstić information content (AvgIpc) is 2.95. The molecule has 0 radical (unpaired) electrons. The van der Waals surface area contributed by atoms with E-state index in [1.807, 2.05) is 48.7 Å². The van der Waals surface area contributed by atoms with Gasteiger partial charge in [-0.3, -0.25) is 4.79 Å². The van der Waals surface area contributed by atoms with Gasteiger partial charge in [0.1, 0.15) is 0 Å². The van der Waals surface area contributed by atoms with E-state index in [0.29, 0.717) is 5.56 Å². The van der Waals surface area contributed by atoms with Crippen molar-refractivity contribution in [3.8, 4) is 0 Å². The van der Waals surface area contributed by atoms with Gasteiger partial charge in [-0.05, 0) is 36.2 Å². The molecule has 3 heteroatoms. The van der Waals surface area contributed by atoms with Gasteiger partial charge >= 0.3 is 0 Å². The molecule has 0 aliphatic rings. The van der Waals surface area contributed by atoms with Crippen molar-refractivity contribution in [2.75, 3.05) is 5.32 Å². The lowest BCUT2D eigenvalue weighted by molar-refractivity contribution is 0.102. The quantitative estimate of drug-likeness (QED) is 0.738. The van der Waals surface area contributed by atoms with Gasteiger partial charge in [-0.1, -0.05) is 31.2 Å². The molecule has 2 aromatic carbocycles. The van der Waals surface area contributed by atoms with Crippen LogP contribution >= 0.6 is 0 Å². The second kappa shape index (κ2) is 5.21. The number of rotatable bonds is 3. The van der Waals surface area contributed by atoms with E-state index >= 15 is 0 Å². The summed E-state index contributed by atoms with van der Waals surface area (Å²) in [6, 6.07) is 15.6. The number of aromatic nitrogens is 1. The number of benzene rings is 2. The van der Waals surface area contributed by atoms with Crippen LogP contribution in [0.3, 0.4) is 0 Å². The van der Waals surface area contributed by atoms with Crippen molar-refractivity contribution in [1.82, 2.24) is 4.98 Å². The first-order valence-electron chi connectivity index (χ1n) is 6.74. The minimum Gasteiger partial charge on any atom is -0.361 e. The number of fused-ring (bicyclic) bond motifs is 1. The molecular formula is C17H16N2O. The van der Waals surface area contributed by atoms with E-state index < -0.39 is 0 Å². The molecule has 20 heavy (non-hydrogen) atoms. The van der Waals surface area contributed by atoms with Crippen molar-refractivity contribution in [2.45, 2.75) is 13.3 Å². The third kappa shape index (κ3) is 2.30. The van der Waals surface area contributed by atoms with Crippen LogP contribution in [0, 0.1) is 0 Å². The number of H-pyrrole nitrogens is 1. The molecule has 2 N–H and O–H groups in total. The summed E-state index contributed by atoms with van der Waals surface area (Å²) in [6.07, 6.45) is 2.80. The SMILES string of the molecule is CCc1cccc(NC(=O)c2cccc3cc[nH]c23)c1. The van der Waals surface area contributed by atoms with Gasteiger partial charge in [-0.2, -0.15) is 0 Å². The number of para-hydroxylation sites is 1. The fraction of sp³-hybridized carbons (Fsp3) is 0.118. The maximum absolute atomic E-state index is 12.4. The van der Waals surface area contributed by atoms with Crippen LogP contribution in [-0.2, 0) is 6.42 Å². The predicted octanol–water partition coefficient (Wildman–Crippen LogP) is 3.98. The molecule has 0 saturated heterocycles. The Morgan fingerprint density at radius 3 is 2.85 bits per heavy atom. The Hall–Kier alpha value is -2.55. The fourth-order valence-electron chi connectivity index (χ4n) is 2.34. The van der Waals surface area contributed by atoms with E-state index in [2.05, 4.69) is 23.3 Å². The van der Waals surface area contributed by atoms with Crippen LogP contribution in [0.15, 0.2) is 54.7 Å². The predicted molar refractivity (Wildman–Crippen MR) is 82.1 cm³/mol. The lowest BCUT2D eigenvalue weighted by Gasteiger charge is -2.07. The van der Waals surface area contributed by atoms with E-state index in [1.165, 1.54) is 5.56 Å². The lowest BCUT2D eigenvalue weighted by atomic mass is 10.1. The summed E-state index contributed by atoms with van der Waals surface area (Å²) in [7, 11) is 0. The van der Waals surface area contributed by atoms with Gasteiger partial charge in [0.25, 0.3) is 5.91 Å². The summed E-state index contributed by atoms with van der Waals surface area (Å²) in [5.74, 6) is -0.0914. The number of anilines is 1. The van der Waals surface area contributed by atoms with Gasteiger partial charge in [-0.15, -0.1) is 0 Å². The Morgan fingerprint density at radius 1 is 1.15 bits per heavy atom. The Balaban J connectivity index is 1.91. The molecule has 0 aliphatic carbocycles. The molecule has 1 heterocycles. The highest BCUT2D eigenvalue weighted by molar-refractivity contribution is 6.11. The monoisotopic (exact) mass is 264 g/mol. The van der Waals surface area contributed by atoms with Crippen molar-refractivity contribution in [3.63, 3.8) is 0 Å². The first-order valence-corrected chi connectivity index (χ1v) is 6.74. The van der Waals surface area contributed by atoms with Gasteiger partial charge in [0.05, 0.1) is 11.1 Å². The molecule has 3 rings (SSSR count). The topological polar surface area (TPSA) is 44.9 Å². The van der Waals surface area contributed by atoms with Crippen molar-refractivity contribution in [1.29, 1.82) is 0 Å². The average molecular weight is 264 g/mol. The number of carbonyl (C=O) groups is 1. The van der Waals surface area contributed by atoms with Crippen molar-refractivity contribution in [2.24, 2.45) is 0 Å². The molecule has 0 aliphatic heterocycles. The van der Waals surface area contributed by atoms with Crippen LogP contribution in [0.5, 0.6) is 0 Å². The second-order valence-corrected chi connectivity index (χ2v) is 4.76. The Labute approximate surface area is 117 Å². The molecular weight excluding hydrogens is 248 g/mol. The van der Waals surface area contributed by atoms with E-state index in [9.17, 15) is 4.79 Å².